The van der Waals surface area contributed by atoms with E-state index in [1.807, 2.05) is 26.8 Å². The lowest BCUT2D eigenvalue weighted by Crippen LogP contribution is -2.50. The molecule has 2 atom stereocenters. The van der Waals surface area contributed by atoms with Crippen LogP contribution in [0, 0.1) is 6.92 Å². The molecular weight excluding hydrogens is 244 g/mol. The fraction of sp³-hybridized carbons (Fsp3) is 0.692. The van der Waals surface area contributed by atoms with Crippen molar-refractivity contribution in [1.29, 1.82) is 0 Å². The number of anilines is 1. The van der Waals surface area contributed by atoms with E-state index in [-0.39, 0.29) is 12.2 Å². The molecule has 2 rings (SSSR count). The third kappa shape index (κ3) is 3.54. The molecule has 0 spiro atoms. The topological polar surface area (TPSA) is 73.5 Å². The normalized spacial score (nSPS) is 23.5. The first-order valence-electron chi connectivity index (χ1n) is 6.71. The zero-order chi connectivity index (χ0) is 13.8. The number of hydrogen-bond acceptors (Lipinski definition) is 6. The second-order valence-electron chi connectivity index (χ2n) is 4.79. The smallest absolute Gasteiger partial charge is 0.229 e. The molecule has 1 saturated heterocycles. The van der Waals surface area contributed by atoms with E-state index in [9.17, 15) is 0 Å². The van der Waals surface area contributed by atoms with Gasteiger partial charge >= 0.3 is 0 Å². The van der Waals surface area contributed by atoms with E-state index in [4.69, 9.17) is 15.2 Å². The second kappa shape index (κ2) is 6.16. The fourth-order valence-electron chi connectivity index (χ4n) is 2.23. The van der Waals surface area contributed by atoms with E-state index in [0.29, 0.717) is 25.0 Å². The van der Waals surface area contributed by atoms with Gasteiger partial charge in [-0.25, -0.2) is 4.98 Å². The Balaban J connectivity index is 2.20. The van der Waals surface area contributed by atoms with Gasteiger partial charge in [-0.05, 0) is 20.8 Å². The van der Waals surface area contributed by atoms with Gasteiger partial charge in [0.1, 0.15) is 0 Å². The zero-order valence-electron chi connectivity index (χ0n) is 11.8. The third-order valence-electron chi connectivity index (χ3n) is 2.98. The van der Waals surface area contributed by atoms with Crippen LogP contribution in [0.25, 0.3) is 0 Å². The minimum Gasteiger partial charge on any atom is -0.478 e. The fourth-order valence-corrected chi connectivity index (χ4v) is 2.23. The minimum absolute atomic E-state index is 0.0309. The summed E-state index contributed by atoms with van der Waals surface area (Å²) in [5.41, 5.74) is 6.60. The summed E-state index contributed by atoms with van der Waals surface area (Å²) in [6.07, 6.45) is 0.158. The summed E-state index contributed by atoms with van der Waals surface area (Å²) in [4.78, 5) is 11.0. The lowest BCUT2D eigenvalue weighted by atomic mass is 10.2. The Morgan fingerprint density at radius 3 is 2.95 bits per heavy atom. The molecule has 6 heteroatoms. The first-order chi connectivity index (χ1) is 9.12. The van der Waals surface area contributed by atoms with Crippen molar-refractivity contribution in [3.8, 4) is 5.88 Å². The van der Waals surface area contributed by atoms with Crippen LogP contribution >= 0.6 is 0 Å². The molecule has 0 saturated carbocycles. The van der Waals surface area contributed by atoms with Crippen LogP contribution in [0.4, 0.5) is 5.95 Å². The largest absolute Gasteiger partial charge is 0.478 e. The Kier molecular flexibility index (Phi) is 4.55. The quantitative estimate of drug-likeness (QED) is 0.866. The average molecular weight is 266 g/mol. The van der Waals surface area contributed by atoms with Crippen LogP contribution in [-0.2, 0) is 4.74 Å². The predicted octanol–water partition coefficient (Wildman–Crippen LogP) is 0.736. The van der Waals surface area contributed by atoms with Gasteiger partial charge < -0.3 is 20.1 Å². The highest BCUT2D eigenvalue weighted by Crippen LogP contribution is 2.19. The van der Waals surface area contributed by atoms with Gasteiger partial charge in [-0.15, -0.1) is 0 Å². The van der Waals surface area contributed by atoms with Crippen molar-refractivity contribution in [3.05, 3.63) is 11.8 Å². The number of hydrogen-bond donors (Lipinski definition) is 1. The van der Waals surface area contributed by atoms with E-state index in [2.05, 4.69) is 14.9 Å². The van der Waals surface area contributed by atoms with Gasteiger partial charge in [0.25, 0.3) is 0 Å². The van der Waals surface area contributed by atoms with E-state index in [0.717, 1.165) is 18.8 Å². The number of ether oxygens (including phenoxy) is 2. The molecule has 19 heavy (non-hydrogen) atoms. The molecule has 2 heterocycles. The van der Waals surface area contributed by atoms with Crippen molar-refractivity contribution in [2.75, 3.05) is 31.1 Å². The van der Waals surface area contributed by atoms with Crippen LogP contribution in [-0.4, -0.2) is 48.4 Å². The molecule has 1 aliphatic heterocycles. The number of nitrogens with two attached hydrogens (primary N) is 1. The van der Waals surface area contributed by atoms with Crippen LogP contribution in [0.5, 0.6) is 5.88 Å². The van der Waals surface area contributed by atoms with E-state index < -0.39 is 0 Å². The summed E-state index contributed by atoms with van der Waals surface area (Å²) in [5, 5.41) is 0. The summed E-state index contributed by atoms with van der Waals surface area (Å²) >= 11 is 0. The number of aromatic nitrogens is 2. The number of nitrogens with zero attached hydrogens (tertiary/aromatic N) is 3. The molecule has 1 aromatic rings. The average Bonchev–Trinajstić information content (AvgIpc) is 2.37. The number of aryl methyl sites for hydroxylation is 1. The highest BCUT2D eigenvalue weighted by atomic mass is 16.5. The SMILES string of the molecule is CCOc1cc(C)nc(N2CC(C)OC(CN)C2)n1. The van der Waals surface area contributed by atoms with Crippen LogP contribution in [0.1, 0.15) is 19.5 Å². The van der Waals surface area contributed by atoms with Gasteiger partial charge in [0.2, 0.25) is 11.8 Å². The number of rotatable bonds is 4. The first-order valence-corrected chi connectivity index (χ1v) is 6.71. The summed E-state index contributed by atoms with van der Waals surface area (Å²) < 4.78 is 11.2. The van der Waals surface area contributed by atoms with E-state index >= 15 is 0 Å². The minimum atomic E-state index is 0.0309. The number of morpholine rings is 1. The van der Waals surface area contributed by atoms with Gasteiger partial charge in [0.15, 0.2) is 0 Å². The molecule has 1 fully saturated rings. The molecule has 1 aliphatic rings. The molecule has 106 valence electrons. The summed E-state index contributed by atoms with van der Waals surface area (Å²) in [6, 6.07) is 1.84. The monoisotopic (exact) mass is 266 g/mol. The van der Waals surface area contributed by atoms with Gasteiger partial charge in [-0.2, -0.15) is 4.98 Å². The van der Waals surface area contributed by atoms with Gasteiger partial charge in [0, 0.05) is 31.4 Å². The van der Waals surface area contributed by atoms with Crippen molar-refractivity contribution < 1.29 is 9.47 Å². The highest BCUT2D eigenvalue weighted by molar-refractivity contribution is 5.35. The van der Waals surface area contributed by atoms with E-state index in [1.165, 1.54) is 0 Å². The standard InChI is InChI=1S/C13H22N4O2/c1-4-18-12-5-9(2)15-13(16-12)17-7-10(3)19-11(6-14)8-17/h5,10-11H,4,6-8,14H2,1-3H3. The van der Waals surface area contributed by atoms with Crippen molar-refractivity contribution in [1.82, 2.24) is 9.97 Å². The Morgan fingerprint density at radius 2 is 2.26 bits per heavy atom. The molecule has 2 N–H and O–H groups in total. The van der Waals surface area contributed by atoms with Crippen LogP contribution in [0.15, 0.2) is 6.07 Å². The first kappa shape index (κ1) is 14.0. The van der Waals surface area contributed by atoms with Crippen LogP contribution in [0.2, 0.25) is 0 Å². The zero-order valence-corrected chi connectivity index (χ0v) is 11.8. The highest BCUT2D eigenvalue weighted by Gasteiger charge is 2.26. The third-order valence-corrected chi connectivity index (χ3v) is 2.98. The molecule has 0 amide bonds. The van der Waals surface area contributed by atoms with Gasteiger partial charge in [-0.1, -0.05) is 0 Å². The molecule has 1 aromatic heterocycles. The maximum absolute atomic E-state index is 5.74. The lowest BCUT2D eigenvalue weighted by Gasteiger charge is -2.36. The van der Waals surface area contributed by atoms with E-state index in [1.54, 1.807) is 0 Å². The second-order valence-corrected chi connectivity index (χ2v) is 4.79. The summed E-state index contributed by atoms with van der Waals surface area (Å²) in [6.45, 7) is 8.51. The lowest BCUT2D eigenvalue weighted by molar-refractivity contribution is -0.0110. The molecule has 0 bridgehead atoms. The van der Waals surface area contributed by atoms with Gasteiger partial charge in [-0.3, -0.25) is 0 Å². The van der Waals surface area contributed by atoms with Crippen LogP contribution in [0.3, 0.4) is 0 Å². The molecule has 0 radical (unpaired) electrons. The van der Waals surface area contributed by atoms with Gasteiger partial charge in [0.05, 0.1) is 18.8 Å². The Labute approximate surface area is 113 Å². The molecule has 0 aromatic carbocycles. The van der Waals surface area contributed by atoms with Crippen molar-refractivity contribution in [2.45, 2.75) is 33.0 Å². The van der Waals surface area contributed by atoms with Crippen molar-refractivity contribution >= 4 is 5.95 Å². The Hall–Kier alpha value is -1.40. The Morgan fingerprint density at radius 1 is 1.47 bits per heavy atom. The maximum Gasteiger partial charge on any atom is 0.229 e. The molecule has 6 nitrogen and oxygen atoms in total. The Bertz CT molecular complexity index is 427. The molecule has 2 unspecified atom stereocenters. The van der Waals surface area contributed by atoms with Crippen molar-refractivity contribution in [2.24, 2.45) is 5.73 Å². The summed E-state index contributed by atoms with van der Waals surface area (Å²) in [7, 11) is 0. The van der Waals surface area contributed by atoms with Crippen LogP contribution < -0.4 is 15.4 Å². The predicted molar refractivity (Wildman–Crippen MR) is 73.5 cm³/mol. The van der Waals surface area contributed by atoms with Crippen molar-refractivity contribution in [3.63, 3.8) is 0 Å². The summed E-state index contributed by atoms with van der Waals surface area (Å²) in [5.74, 6) is 1.31. The maximum atomic E-state index is 5.74. The molecule has 0 aliphatic carbocycles. The molecular formula is C13H22N4O2.